The van der Waals surface area contributed by atoms with Crippen molar-refractivity contribution >= 4 is 17.6 Å². The lowest BCUT2D eigenvalue weighted by molar-refractivity contribution is 0.108. The number of nitrogens with zero attached hydrogens (tertiary/aromatic N) is 2. The minimum absolute atomic E-state index is 0.0798. The van der Waals surface area contributed by atoms with Gasteiger partial charge in [-0.1, -0.05) is 11.6 Å². The van der Waals surface area contributed by atoms with Crippen molar-refractivity contribution in [2.45, 2.75) is 19.6 Å². The molecule has 0 aliphatic rings. The summed E-state index contributed by atoms with van der Waals surface area (Å²) in [5, 5.41) is 15.8. The number of aromatic nitrogens is 2. The Morgan fingerprint density at radius 2 is 2.29 bits per heavy atom. The van der Waals surface area contributed by atoms with Crippen molar-refractivity contribution < 1.29 is 14.6 Å². The van der Waals surface area contributed by atoms with Gasteiger partial charge < -0.3 is 25.0 Å². The topological polar surface area (TPSA) is 88.4 Å². The molecule has 130 valence electrons. The number of halogens is 1. The predicted octanol–water partition coefficient (Wildman–Crippen LogP) is 1.58. The van der Waals surface area contributed by atoms with Gasteiger partial charge in [-0.05, 0) is 30.7 Å². The van der Waals surface area contributed by atoms with Crippen LogP contribution in [0.25, 0.3) is 0 Å². The zero-order valence-electron chi connectivity index (χ0n) is 13.4. The fourth-order valence-corrected chi connectivity index (χ4v) is 2.07. The van der Waals surface area contributed by atoms with Crippen molar-refractivity contribution in [1.82, 2.24) is 20.2 Å². The lowest BCUT2D eigenvalue weighted by atomic mass is 10.2. The quantitative estimate of drug-likeness (QED) is 0.673. The van der Waals surface area contributed by atoms with E-state index in [1.165, 1.54) is 0 Å². The van der Waals surface area contributed by atoms with Gasteiger partial charge in [0.1, 0.15) is 18.5 Å². The molecule has 0 unspecified atom stereocenters. The number of aliphatic hydroxyl groups excluding tert-OH is 1. The molecule has 8 heteroatoms. The summed E-state index contributed by atoms with van der Waals surface area (Å²) >= 11 is 5.94. The van der Waals surface area contributed by atoms with E-state index in [0.29, 0.717) is 23.9 Å². The highest BCUT2D eigenvalue weighted by Gasteiger charge is 2.08. The monoisotopic (exact) mass is 352 g/mol. The predicted molar refractivity (Wildman–Crippen MR) is 91.3 cm³/mol. The molecular formula is C16H21ClN4O3. The molecule has 0 saturated carbocycles. The summed E-state index contributed by atoms with van der Waals surface area (Å²) in [5.74, 6) is 0.626. The van der Waals surface area contributed by atoms with Gasteiger partial charge in [0.05, 0.1) is 6.33 Å². The van der Waals surface area contributed by atoms with E-state index in [1.54, 1.807) is 30.7 Å². The van der Waals surface area contributed by atoms with Crippen LogP contribution in [0.1, 0.15) is 5.56 Å². The van der Waals surface area contributed by atoms with Crippen LogP contribution in [0.15, 0.2) is 36.9 Å². The maximum atomic E-state index is 11.6. The average molecular weight is 353 g/mol. The van der Waals surface area contributed by atoms with Gasteiger partial charge in [0.2, 0.25) is 0 Å². The van der Waals surface area contributed by atoms with Crippen LogP contribution in [0.4, 0.5) is 4.79 Å². The molecule has 1 atom stereocenters. The van der Waals surface area contributed by atoms with Gasteiger partial charge in [0.15, 0.2) is 0 Å². The van der Waals surface area contributed by atoms with Crippen LogP contribution in [-0.2, 0) is 6.54 Å². The number of nitrogens with one attached hydrogen (secondary N) is 2. The highest BCUT2D eigenvalue weighted by atomic mass is 35.5. The van der Waals surface area contributed by atoms with Gasteiger partial charge >= 0.3 is 6.03 Å². The number of benzene rings is 1. The molecule has 0 spiro atoms. The number of carbonyl (C=O) groups excluding carboxylic acids is 1. The zero-order chi connectivity index (χ0) is 17.4. The number of hydrogen-bond donors (Lipinski definition) is 3. The number of ether oxygens (including phenoxy) is 1. The van der Waals surface area contributed by atoms with Gasteiger partial charge in [-0.2, -0.15) is 0 Å². The van der Waals surface area contributed by atoms with E-state index < -0.39 is 6.10 Å². The Morgan fingerprint density at radius 3 is 3.00 bits per heavy atom. The molecular weight excluding hydrogens is 332 g/mol. The Morgan fingerprint density at radius 1 is 1.46 bits per heavy atom. The highest BCUT2D eigenvalue weighted by molar-refractivity contribution is 6.31. The average Bonchev–Trinajstić information content (AvgIpc) is 3.07. The van der Waals surface area contributed by atoms with E-state index in [-0.39, 0.29) is 19.2 Å². The first-order valence-electron chi connectivity index (χ1n) is 7.59. The number of imidazole rings is 1. The molecule has 2 aromatic rings. The number of aryl methyl sites for hydroxylation is 1. The van der Waals surface area contributed by atoms with E-state index in [4.69, 9.17) is 16.3 Å². The molecule has 24 heavy (non-hydrogen) atoms. The van der Waals surface area contributed by atoms with E-state index in [0.717, 1.165) is 5.56 Å². The lowest BCUT2D eigenvalue weighted by Gasteiger charge is -2.14. The van der Waals surface area contributed by atoms with E-state index in [1.807, 2.05) is 17.7 Å². The molecule has 0 saturated heterocycles. The molecule has 7 nitrogen and oxygen atoms in total. The van der Waals surface area contributed by atoms with E-state index >= 15 is 0 Å². The number of amides is 2. The second kappa shape index (κ2) is 9.14. The van der Waals surface area contributed by atoms with Crippen molar-refractivity contribution in [1.29, 1.82) is 0 Å². The largest absolute Gasteiger partial charge is 0.491 e. The van der Waals surface area contributed by atoms with Crippen molar-refractivity contribution in [2.24, 2.45) is 0 Å². The SMILES string of the molecule is Cc1cc(OC[C@@H](O)CNC(=O)NCCn2ccnc2)ccc1Cl. The summed E-state index contributed by atoms with van der Waals surface area (Å²) in [6, 6.07) is 4.94. The second-order valence-corrected chi connectivity index (χ2v) is 5.72. The van der Waals surface area contributed by atoms with Crippen molar-refractivity contribution in [3.63, 3.8) is 0 Å². The van der Waals surface area contributed by atoms with Crippen LogP contribution < -0.4 is 15.4 Å². The van der Waals surface area contributed by atoms with Gasteiger partial charge in [-0.25, -0.2) is 9.78 Å². The molecule has 2 amide bonds. The molecule has 0 aliphatic heterocycles. The Kier molecular flexibility index (Phi) is 6.89. The van der Waals surface area contributed by atoms with Crippen LogP contribution in [0.2, 0.25) is 5.02 Å². The van der Waals surface area contributed by atoms with E-state index in [9.17, 15) is 9.90 Å². The molecule has 0 radical (unpaired) electrons. The Labute approximate surface area is 145 Å². The van der Waals surface area contributed by atoms with Gasteiger partial charge in [-0.15, -0.1) is 0 Å². The first kappa shape index (κ1) is 18.1. The molecule has 3 N–H and O–H groups in total. The number of rotatable bonds is 8. The van der Waals surface area contributed by atoms with Gasteiger partial charge in [0, 0.05) is 37.1 Å². The van der Waals surface area contributed by atoms with Crippen LogP contribution >= 0.6 is 11.6 Å². The van der Waals surface area contributed by atoms with Crippen LogP contribution in [0.3, 0.4) is 0 Å². The summed E-state index contributed by atoms with van der Waals surface area (Å²) in [5.41, 5.74) is 0.902. The first-order valence-corrected chi connectivity index (χ1v) is 7.97. The third kappa shape index (κ3) is 6.10. The van der Waals surface area contributed by atoms with Crippen LogP contribution in [0, 0.1) is 6.92 Å². The molecule has 0 fully saturated rings. The highest BCUT2D eigenvalue weighted by Crippen LogP contribution is 2.20. The lowest BCUT2D eigenvalue weighted by Crippen LogP contribution is -2.42. The summed E-state index contributed by atoms with van der Waals surface area (Å²) < 4.78 is 7.33. The van der Waals surface area contributed by atoms with Crippen molar-refractivity contribution in [3.8, 4) is 5.75 Å². The third-order valence-corrected chi connectivity index (χ3v) is 3.71. The Bertz CT molecular complexity index is 649. The number of carbonyl (C=O) groups is 1. The summed E-state index contributed by atoms with van der Waals surface area (Å²) in [6.45, 7) is 3.16. The molecule has 0 aliphatic carbocycles. The summed E-state index contributed by atoms with van der Waals surface area (Å²) in [6.07, 6.45) is 4.37. The number of urea groups is 1. The van der Waals surface area contributed by atoms with Gasteiger partial charge in [0.25, 0.3) is 0 Å². The maximum Gasteiger partial charge on any atom is 0.314 e. The maximum absolute atomic E-state index is 11.6. The molecule has 1 heterocycles. The molecule has 2 rings (SSSR count). The summed E-state index contributed by atoms with van der Waals surface area (Å²) in [7, 11) is 0. The smallest absolute Gasteiger partial charge is 0.314 e. The Balaban J connectivity index is 1.60. The first-order chi connectivity index (χ1) is 11.5. The zero-order valence-corrected chi connectivity index (χ0v) is 14.2. The fraction of sp³-hybridized carbons (Fsp3) is 0.375. The minimum atomic E-state index is -0.805. The van der Waals surface area contributed by atoms with Crippen molar-refractivity contribution in [2.75, 3.05) is 19.7 Å². The standard InChI is InChI=1S/C16H21ClN4O3/c1-12-8-14(2-3-15(12)17)24-10-13(22)9-20-16(23)19-5-7-21-6-4-18-11-21/h2-4,6,8,11,13,22H,5,7,9-10H2,1H3,(H2,19,20,23)/t13-/m0/s1. The van der Waals surface area contributed by atoms with Crippen LogP contribution in [-0.4, -0.2) is 46.5 Å². The third-order valence-electron chi connectivity index (χ3n) is 3.28. The van der Waals surface area contributed by atoms with Crippen LogP contribution in [0.5, 0.6) is 5.75 Å². The fourth-order valence-electron chi connectivity index (χ4n) is 1.95. The molecule has 0 bridgehead atoms. The van der Waals surface area contributed by atoms with E-state index in [2.05, 4.69) is 15.6 Å². The second-order valence-electron chi connectivity index (χ2n) is 5.31. The number of hydrogen-bond acceptors (Lipinski definition) is 4. The normalized spacial score (nSPS) is 11.8. The molecule has 1 aromatic heterocycles. The summed E-state index contributed by atoms with van der Waals surface area (Å²) in [4.78, 5) is 15.5. The molecule has 1 aromatic carbocycles. The number of aliphatic hydroxyl groups is 1. The van der Waals surface area contributed by atoms with Gasteiger partial charge in [-0.3, -0.25) is 0 Å². The van der Waals surface area contributed by atoms with Crippen molar-refractivity contribution in [3.05, 3.63) is 47.5 Å². The Hall–Kier alpha value is -2.25. The minimum Gasteiger partial charge on any atom is -0.491 e.